The Balaban J connectivity index is 1.78. The minimum atomic E-state index is 0.521. The molecule has 0 aromatic carbocycles. The van der Waals surface area contributed by atoms with Gasteiger partial charge < -0.3 is 10.3 Å². The molecule has 2 aromatic heterocycles. The molecule has 0 spiro atoms. The quantitative estimate of drug-likeness (QED) is 0.817. The maximum Gasteiger partial charge on any atom is 0.0223 e. The van der Waals surface area contributed by atoms with Gasteiger partial charge >= 0.3 is 0 Å². The van der Waals surface area contributed by atoms with Gasteiger partial charge in [0.15, 0.2) is 0 Å². The van der Waals surface area contributed by atoms with Gasteiger partial charge in [0.2, 0.25) is 0 Å². The Morgan fingerprint density at radius 3 is 2.88 bits per heavy atom. The van der Waals surface area contributed by atoms with Crippen molar-refractivity contribution in [1.29, 1.82) is 0 Å². The van der Waals surface area contributed by atoms with E-state index in [1.165, 1.54) is 15.3 Å². The topological polar surface area (TPSA) is 27.8 Å². The molecule has 0 radical (unpaired) electrons. The van der Waals surface area contributed by atoms with Crippen LogP contribution in [-0.2, 0) is 13.0 Å². The third-order valence-corrected chi connectivity index (χ3v) is 3.64. The van der Waals surface area contributed by atoms with Crippen molar-refractivity contribution < 1.29 is 0 Å². The van der Waals surface area contributed by atoms with Gasteiger partial charge in [0.1, 0.15) is 0 Å². The predicted octanol–water partition coefficient (Wildman–Crippen LogP) is 3.11. The van der Waals surface area contributed by atoms with Crippen LogP contribution in [-0.4, -0.2) is 11.0 Å². The fourth-order valence-electron chi connectivity index (χ4n) is 1.73. The first kappa shape index (κ1) is 11.4. The Labute approximate surface area is 101 Å². The summed E-state index contributed by atoms with van der Waals surface area (Å²) in [5.41, 5.74) is 1.31. The molecule has 2 rings (SSSR count). The molecule has 0 bridgehead atoms. The molecule has 86 valence electrons. The number of H-pyrrole nitrogens is 1. The van der Waals surface area contributed by atoms with E-state index in [1.54, 1.807) is 0 Å². The largest absolute Gasteiger partial charge is 0.367 e. The van der Waals surface area contributed by atoms with Gasteiger partial charge in [-0.25, -0.2) is 0 Å². The van der Waals surface area contributed by atoms with Crippen LogP contribution in [0.25, 0.3) is 0 Å². The van der Waals surface area contributed by atoms with Crippen LogP contribution in [0.3, 0.4) is 0 Å². The van der Waals surface area contributed by atoms with E-state index in [2.05, 4.69) is 42.3 Å². The molecule has 0 aliphatic carbocycles. The first-order valence-electron chi connectivity index (χ1n) is 5.64. The van der Waals surface area contributed by atoms with Crippen LogP contribution in [0.15, 0.2) is 30.6 Å². The van der Waals surface area contributed by atoms with Crippen molar-refractivity contribution in [1.82, 2.24) is 10.3 Å². The minimum Gasteiger partial charge on any atom is -0.367 e. The zero-order valence-corrected chi connectivity index (χ0v) is 10.6. The van der Waals surface area contributed by atoms with Crippen LogP contribution < -0.4 is 5.32 Å². The number of hydrogen-bond acceptors (Lipinski definition) is 2. The van der Waals surface area contributed by atoms with Crippen molar-refractivity contribution in [2.24, 2.45) is 0 Å². The summed E-state index contributed by atoms with van der Waals surface area (Å²) in [4.78, 5) is 5.93. The van der Waals surface area contributed by atoms with E-state index in [9.17, 15) is 0 Å². The zero-order chi connectivity index (χ0) is 11.4. The lowest BCUT2D eigenvalue weighted by Crippen LogP contribution is -2.27. The van der Waals surface area contributed by atoms with Crippen molar-refractivity contribution >= 4 is 11.3 Å². The standard InChI is InChI=1S/C13H18N2S/c1-10(7-13-4-3-11(2)16-13)15-9-12-5-6-14-8-12/h3-6,8,10,14-15H,7,9H2,1-2H3. The summed E-state index contributed by atoms with van der Waals surface area (Å²) in [5, 5.41) is 3.53. The second kappa shape index (κ2) is 5.32. The number of rotatable bonds is 5. The predicted molar refractivity (Wildman–Crippen MR) is 69.9 cm³/mol. The summed E-state index contributed by atoms with van der Waals surface area (Å²) < 4.78 is 0. The summed E-state index contributed by atoms with van der Waals surface area (Å²) in [6.45, 7) is 5.34. The van der Waals surface area contributed by atoms with E-state index in [1.807, 2.05) is 23.7 Å². The van der Waals surface area contributed by atoms with Crippen molar-refractivity contribution in [3.63, 3.8) is 0 Å². The Kier molecular flexibility index (Phi) is 3.80. The fraction of sp³-hybridized carbons (Fsp3) is 0.385. The van der Waals surface area contributed by atoms with Crippen LogP contribution in [0.5, 0.6) is 0 Å². The second-order valence-corrected chi connectivity index (χ2v) is 5.59. The fourth-order valence-corrected chi connectivity index (χ4v) is 2.75. The molecule has 1 unspecified atom stereocenters. The molecule has 1 atom stereocenters. The molecule has 0 aliphatic heterocycles. The van der Waals surface area contributed by atoms with Crippen LogP contribution in [0.1, 0.15) is 22.2 Å². The molecule has 2 nitrogen and oxygen atoms in total. The number of hydrogen-bond donors (Lipinski definition) is 2. The molecule has 0 saturated carbocycles. The molecular formula is C13H18N2S. The number of aryl methyl sites for hydroxylation is 1. The number of aromatic amines is 1. The van der Waals surface area contributed by atoms with E-state index >= 15 is 0 Å². The highest BCUT2D eigenvalue weighted by molar-refractivity contribution is 7.11. The third kappa shape index (κ3) is 3.22. The molecule has 16 heavy (non-hydrogen) atoms. The first-order valence-corrected chi connectivity index (χ1v) is 6.46. The lowest BCUT2D eigenvalue weighted by molar-refractivity contribution is 0.549. The van der Waals surface area contributed by atoms with Gasteiger partial charge in [-0.1, -0.05) is 0 Å². The highest BCUT2D eigenvalue weighted by Gasteiger charge is 2.04. The number of thiophene rings is 1. The molecular weight excluding hydrogens is 216 g/mol. The third-order valence-electron chi connectivity index (χ3n) is 2.62. The van der Waals surface area contributed by atoms with E-state index < -0.39 is 0 Å². The average molecular weight is 234 g/mol. The normalized spacial score (nSPS) is 12.9. The van der Waals surface area contributed by atoms with Crippen LogP contribution in [0.4, 0.5) is 0 Å². The molecule has 2 aromatic rings. The molecule has 0 aliphatic rings. The van der Waals surface area contributed by atoms with E-state index in [-0.39, 0.29) is 0 Å². The lowest BCUT2D eigenvalue weighted by Gasteiger charge is -2.11. The van der Waals surface area contributed by atoms with Crippen LogP contribution in [0, 0.1) is 6.92 Å². The molecule has 0 fully saturated rings. The van der Waals surface area contributed by atoms with Gasteiger partial charge in [0, 0.05) is 34.7 Å². The monoisotopic (exact) mass is 234 g/mol. The van der Waals surface area contributed by atoms with Gasteiger partial charge in [-0.15, -0.1) is 11.3 Å². The summed E-state index contributed by atoms with van der Waals surface area (Å²) >= 11 is 1.89. The highest BCUT2D eigenvalue weighted by Crippen LogP contribution is 2.16. The first-order chi connectivity index (χ1) is 7.74. The van der Waals surface area contributed by atoms with Gasteiger partial charge in [0.25, 0.3) is 0 Å². The SMILES string of the molecule is Cc1ccc(CC(C)NCc2cc[nH]c2)s1. The summed E-state index contributed by atoms with van der Waals surface area (Å²) in [6.07, 6.45) is 5.11. The second-order valence-electron chi connectivity index (χ2n) is 4.22. The molecule has 0 amide bonds. The van der Waals surface area contributed by atoms with Crippen molar-refractivity contribution in [3.05, 3.63) is 45.9 Å². The van der Waals surface area contributed by atoms with Crippen molar-refractivity contribution in [2.75, 3.05) is 0 Å². The van der Waals surface area contributed by atoms with Crippen LogP contribution in [0.2, 0.25) is 0 Å². The maximum absolute atomic E-state index is 3.53. The van der Waals surface area contributed by atoms with Crippen molar-refractivity contribution in [3.8, 4) is 0 Å². The van der Waals surface area contributed by atoms with Gasteiger partial charge in [-0.05, 0) is 44.0 Å². The summed E-state index contributed by atoms with van der Waals surface area (Å²) in [6, 6.07) is 7.05. The molecule has 3 heteroatoms. The van der Waals surface area contributed by atoms with E-state index in [0.717, 1.165) is 13.0 Å². The Morgan fingerprint density at radius 1 is 1.38 bits per heavy atom. The number of nitrogens with one attached hydrogen (secondary N) is 2. The van der Waals surface area contributed by atoms with Gasteiger partial charge in [-0.3, -0.25) is 0 Å². The molecule has 2 heterocycles. The maximum atomic E-state index is 3.53. The van der Waals surface area contributed by atoms with E-state index in [4.69, 9.17) is 0 Å². The highest BCUT2D eigenvalue weighted by atomic mass is 32.1. The summed E-state index contributed by atoms with van der Waals surface area (Å²) in [7, 11) is 0. The molecule has 2 N–H and O–H groups in total. The summed E-state index contributed by atoms with van der Waals surface area (Å²) in [5.74, 6) is 0. The molecule has 0 saturated heterocycles. The Hall–Kier alpha value is -1.06. The average Bonchev–Trinajstić information content (AvgIpc) is 2.87. The van der Waals surface area contributed by atoms with Gasteiger partial charge in [-0.2, -0.15) is 0 Å². The zero-order valence-electron chi connectivity index (χ0n) is 9.79. The Bertz CT molecular complexity index is 417. The smallest absolute Gasteiger partial charge is 0.0223 e. The number of aromatic nitrogens is 1. The van der Waals surface area contributed by atoms with Gasteiger partial charge in [0.05, 0.1) is 0 Å². The van der Waals surface area contributed by atoms with Crippen LogP contribution >= 0.6 is 11.3 Å². The van der Waals surface area contributed by atoms with Crippen molar-refractivity contribution in [2.45, 2.75) is 32.9 Å². The lowest BCUT2D eigenvalue weighted by atomic mass is 10.2. The van der Waals surface area contributed by atoms with E-state index in [0.29, 0.717) is 6.04 Å². The minimum absolute atomic E-state index is 0.521. The Morgan fingerprint density at radius 2 is 2.25 bits per heavy atom.